The van der Waals surface area contributed by atoms with E-state index in [-0.39, 0.29) is 10.6 Å². The summed E-state index contributed by atoms with van der Waals surface area (Å²) < 4.78 is 37.3. The third-order valence-corrected chi connectivity index (χ3v) is 8.85. The number of sulfonamides is 1. The van der Waals surface area contributed by atoms with Crippen LogP contribution in [-0.2, 0) is 23.6 Å². The molecule has 0 unspecified atom stereocenters. The summed E-state index contributed by atoms with van der Waals surface area (Å²) in [5.41, 5.74) is 1.07. The van der Waals surface area contributed by atoms with Gasteiger partial charge in [-0.25, -0.2) is 13.2 Å². The zero-order chi connectivity index (χ0) is 24.6. The molecule has 0 aliphatic carbocycles. The first-order valence-electron chi connectivity index (χ1n) is 11.2. The Morgan fingerprint density at radius 1 is 1.15 bits per heavy atom. The third kappa shape index (κ3) is 4.20. The van der Waals surface area contributed by atoms with Crippen molar-refractivity contribution in [3.05, 3.63) is 42.6 Å². The molecule has 3 aromatic rings. The van der Waals surface area contributed by atoms with Crippen molar-refractivity contribution in [2.24, 2.45) is 7.05 Å². The standard InChI is InChI=1S/C22H28IN5O5S/c1-4-10-28-20-17(23)18(25-19(20)21(29)26(3)22(28)30)15-13-14(6-7-16(15)33-5-2)34(31,32)27-11-8-24-9-12-27/h6-7,13,24-25H,4-5,8-12H2,1-3H3. The van der Waals surface area contributed by atoms with Gasteiger partial charge in [-0.15, -0.1) is 0 Å². The number of aromatic amines is 1. The molecule has 0 saturated carbocycles. The van der Waals surface area contributed by atoms with Crippen LogP contribution in [0.25, 0.3) is 22.3 Å². The molecule has 0 atom stereocenters. The number of hydrogen-bond donors (Lipinski definition) is 2. The van der Waals surface area contributed by atoms with Gasteiger partial charge in [-0.05, 0) is 54.1 Å². The Labute approximate surface area is 211 Å². The number of hydrogen-bond acceptors (Lipinski definition) is 6. The van der Waals surface area contributed by atoms with Gasteiger partial charge in [0.1, 0.15) is 11.3 Å². The van der Waals surface area contributed by atoms with E-state index >= 15 is 0 Å². The van der Waals surface area contributed by atoms with E-state index in [1.807, 2.05) is 13.8 Å². The molecule has 0 spiro atoms. The highest BCUT2D eigenvalue weighted by Gasteiger charge is 2.28. The van der Waals surface area contributed by atoms with Crippen molar-refractivity contribution in [2.45, 2.75) is 31.7 Å². The number of nitrogens with one attached hydrogen (secondary N) is 2. The lowest BCUT2D eigenvalue weighted by Crippen LogP contribution is -2.46. The predicted molar refractivity (Wildman–Crippen MR) is 139 cm³/mol. The van der Waals surface area contributed by atoms with Crippen LogP contribution in [0.2, 0.25) is 0 Å². The number of aryl methyl sites for hydroxylation is 1. The molecule has 1 aliphatic heterocycles. The first kappa shape index (κ1) is 24.9. The van der Waals surface area contributed by atoms with E-state index in [4.69, 9.17) is 4.74 Å². The normalized spacial score (nSPS) is 15.2. The second-order valence-electron chi connectivity index (χ2n) is 8.08. The Morgan fingerprint density at radius 2 is 1.85 bits per heavy atom. The summed E-state index contributed by atoms with van der Waals surface area (Å²) in [5.74, 6) is 0.493. The quantitative estimate of drug-likeness (QED) is 0.399. The minimum Gasteiger partial charge on any atom is -0.493 e. The molecule has 2 N–H and O–H groups in total. The topological polar surface area (TPSA) is 118 Å². The molecule has 34 heavy (non-hydrogen) atoms. The molecule has 1 fully saturated rings. The molecule has 3 heterocycles. The lowest BCUT2D eigenvalue weighted by Gasteiger charge is -2.27. The van der Waals surface area contributed by atoms with Gasteiger partial charge >= 0.3 is 5.69 Å². The van der Waals surface area contributed by atoms with E-state index in [1.165, 1.54) is 11.4 Å². The largest absolute Gasteiger partial charge is 0.493 e. The molecule has 0 amide bonds. The summed E-state index contributed by atoms with van der Waals surface area (Å²) in [6.45, 7) is 6.63. The number of ether oxygens (including phenoxy) is 1. The van der Waals surface area contributed by atoms with Crippen molar-refractivity contribution in [1.29, 1.82) is 0 Å². The highest BCUT2D eigenvalue weighted by Crippen LogP contribution is 2.37. The fraction of sp³-hybridized carbons (Fsp3) is 0.455. The first-order chi connectivity index (χ1) is 16.2. The van der Waals surface area contributed by atoms with Gasteiger partial charge in [0.05, 0.1) is 26.3 Å². The number of rotatable bonds is 7. The van der Waals surface area contributed by atoms with E-state index in [1.54, 1.807) is 22.8 Å². The molecule has 1 saturated heterocycles. The smallest absolute Gasteiger partial charge is 0.331 e. The van der Waals surface area contributed by atoms with Crippen LogP contribution >= 0.6 is 22.6 Å². The van der Waals surface area contributed by atoms with Crippen molar-refractivity contribution < 1.29 is 13.2 Å². The van der Waals surface area contributed by atoms with Gasteiger partial charge < -0.3 is 15.0 Å². The predicted octanol–water partition coefficient (Wildman–Crippen LogP) is 1.70. The Bertz CT molecular complexity index is 1450. The zero-order valence-corrected chi connectivity index (χ0v) is 22.3. The fourth-order valence-electron chi connectivity index (χ4n) is 4.20. The Balaban J connectivity index is 1.97. The summed E-state index contributed by atoms with van der Waals surface area (Å²) in [4.78, 5) is 29.1. The van der Waals surface area contributed by atoms with Crippen molar-refractivity contribution >= 4 is 43.6 Å². The SMILES string of the molecule is CCCn1c(=O)n(C)c(=O)c2[nH]c(-c3cc(S(=O)(=O)N4CCNCC4)ccc3OCC)c(I)c21. The summed E-state index contributed by atoms with van der Waals surface area (Å²) in [7, 11) is -2.25. The molecular formula is C22H28IN5O5S. The molecule has 12 heteroatoms. The van der Waals surface area contributed by atoms with E-state index in [0.717, 1.165) is 4.57 Å². The maximum atomic E-state index is 13.3. The highest BCUT2D eigenvalue weighted by molar-refractivity contribution is 14.1. The lowest BCUT2D eigenvalue weighted by molar-refractivity contribution is 0.341. The van der Waals surface area contributed by atoms with Gasteiger partial charge in [0.2, 0.25) is 10.0 Å². The van der Waals surface area contributed by atoms with Gasteiger partial charge in [0, 0.05) is 45.3 Å². The van der Waals surface area contributed by atoms with Crippen LogP contribution in [0, 0.1) is 3.57 Å². The second-order valence-corrected chi connectivity index (χ2v) is 11.1. The molecule has 1 aromatic carbocycles. The summed E-state index contributed by atoms with van der Waals surface area (Å²) in [5, 5.41) is 3.16. The molecular weight excluding hydrogens is 573 g/mol. The number of fused-ring (bicyclic) bond motifs is 1. The Kier molecular flexibility index (Phi) is 7.22. The maximum Gasteiger partial charge on any atom is 0.331 e. The summed E-state index contributed by atoms with van der Waals surface area (Å²) >= 11 is 2.11. The number of aromatic nitrogens is 3. The van der Waals surface area contributed by atoms with E-state index in [0.29, 0.717) is 77.4 Å². The molecule has 2 aromatic heterocycles. The monoisotopic (exact) mass is 601 g/mol. The van der Waals surface area contributed by atoms with Crippen LogP contribution in [0.3, 0.4) is 0 Å². The van der Waals surface area contributed by atoms with Crippen molar-refractivity contribution in [2.75, 3.05) is 32.8 Å². The second kappa shape index (κ2) is 9.84. The van der Waals surface area contributed by atoms with Crippen molar-refractivity contribution in [3.8, 4) is 17.0 Å². The Hall–Kier alpha value is -2.16. The van der Waals surface area contributed by atoms with Crippen LogP contribution in [-0.4, -0.2) is 59.6 Å². The van der Waals surface area contributed by atoms with Crippen molar-refractivity contribution in [1.82, 2.24) is 23.7 Å². The van der Waals surface area contributed by atoms with Gasteiger partial charge in [0.25, 0.3) is 5.56 Å². The number of H-pyrrole nitrogens is 1. The highest BCUT2D eigenvalue weighted by atomic mass is 127. The van der Waals surface area contributed by atoms with Crippen LogP contribution in [0.15, 0.2) is 32.7 Å². The van der Waals surface area contributed by atoms with Gasteiger partial charge in [0.15, 0.2) is 0 Å². The van der Waals surface area contributed by atoms with E-state index in [9.17, 15) is 18.0 Å². The molecule has 0 radical (unpaired) electrons. The number of piperazine rings is 1. The number of halogens is 1. The molecule has 10 nitrogen and oxygen atoms in total. The van der Waals surface area contributed by atoms with Crippen LogP contribution in [0.5, 0.6) is 5.75 Å². The summed E-state index contributed by atoms with van der Waals surface area (Å²) in [6, 6.07) is 4.78. The zero-order valence-electron chi connectivity index (χ0n) is 19.4. The fourth-order valence-corrected chi connectivity index (χ4v) is 6.66. The molecule has 0 bridgehead atoms. The number of benzene rings is 1. The molecule has 4 rings (SSSR count). The van der Waals surface area contributed by atoms with Gasteiger partial charge in [-0.2, -0.15) is 4.31 Å². The number of nitrogens with zero attached hydrogens (tertiary/aromatic N) is 3. The Morgan fingerprint density at radius 3 is 2.50 bits per heavy atom. The average molecular weight is 601 g/mol. The molecule has 184 valence electrons. The minimum atomic E-state index is -3.71. The maximum absolute atomic E-state index is 13.3. The van der Waals surface area contributed by atoms with Crippen LogP contribution in [0.1, 0.15) is 20.3 Å². The minimum absolute atomic E-state index is 0.154. The molecule has 1 aliphatic rings. The summed E-state index contributed by atoms with van der Waals surface area (Å²) in [6.07, 6.45) is 0.715. The van der Waals surface area contributed by atoms with E-state index < -0.39 is 15.6 Å². The van der Waals surface area contributed by atoms with E-state index in [2.05, 4.69) is 32.9 Å². The average Bonchev–Trinajstić information content (AvgIpc) is 3.18. The first-order valence-corrected chi connectivity index (χ1v) is 13.7. The van der Waals surface area contributed by atoms with Gasteiger partial charge in [-0.1, -0.05) is 6.92 Å². The van der Waals surface area contributed by atoms with Gasteiger partial charge in [-0.3, -0.25) is 13.9 Å². The lowest BCUT2D eigenvalue weighted by atomic mass is 10.1. The third-order valence-electron chi connectivity index (χ3n) is 5.90. The van der Waals surface area contributed by atoms with Crippen LogP contribution in [0.4, 0.5) is 0 Å². The van der Waals surface area contributed by atoms with Crippen molar-refractivity contribution in [3.63, 3.8) is 0 Å². The van der Waals surface area contributed by atoms with Crippen LogP contribution < -0.4 is 21.3 Å².